The van der Waals surface area contributed by atoms with Crippen molar-refractivity contribution in [3.05, 3.63) is 64.7 Å². The number of ether oxygens (including phenoxy) is 1. The van der Waals surface area contributed by atoms with Crippen LogP contribution in [0.1, 0.15) is 18.9 Å². The van der Waals surface area contributed by atoms with Crippen molar-refractivity contribution in [2.24, 2.45) is 10.7 Å². The molecule has 0 spiro atoms. The van der Waals surface area contributed by atoms with Gasteiger partial charge < -0.3 is 10.5 Å². The molecule has 0 aromatic heterocycles. The molecule has 2 aromatic rings. The third-order valence-electron chi connectivity index (χ3n) is 3.81. The summed E-state index contributed by atoms with van der Waals surface area (Å²) >= 11 is 0. The van der Waals surface area contributed by atoms with Crippen molar-refractivity contribution in [1.82, 2.24) is 0 Å². The molecule has 1 atom stereocenters. The zero-order valence-corrected chi connectivity index (χ0v) is 12.3. The Morgan fingerprint density at radius 1 is 1.14 bits per heavy atom. The normalized spacial score (nSPS) is 16.5. The fraction of sp³-hybridized carbons (Fsp3) is 0.278. The van der Waals surface area contributed by atoms with E-state index in [-0.39, 0.29) is 6.04 Å². The summed E-state index contributed by atoms with van der Waals surface area (Å²) in [6.07, 6.45) is 0.889. The van der Waals surface area contributed by atoms with Crippen LogP contribution in [0.5, 0.6) is 5.75 Å². The first-order valence-electron chi connectivity index (χ1n) is 7.35. The molecular weight excluding hydrogens is 260 g/mol. The van der Waals surface area contributed by atoms with Gasteiger partial charge in [0.2, 0.25) is 0 Å². The summed E-state index contributed by atoms with van der Waals surface area (Å²) in [5.41, 5.74) is 8.19. The molecule has 1 aliphatic heterocycles. The van der Waals surface area contributed by atoms with Crippen molar-refractivity contribution >= 4 is 5.57 Å². The van der Waals surface area contributed by atoms with Gasteiger partial charge in [-0.1, -0.05) is 30.3 Å². The van der Waals surface area contributed by atoms with Crippen LogP contribution in [0, 0.1) is 0 Å². The monoisotopic (exact) mass is 280 g/mol. The average molecular weight is 280 g/mol. The minimum atomic E-state index is 0.230. The Morgan fingerprint density at radius 3 is 2.71 bits per heavy atom. The number of nitrogens with zero attached hydrogens (tertiary/aromatic N) is 1. The fourth-order valence-electron chi connectivity index (χ4n) is 2.73. The Bertz CT molecular complexity index is 738. The van der Waals surface area contributed by atoms with Gasteiger partial charge >= 0.3 is 0 Å². The lowest BCUT2D eigenvalue weighted by Gasteiger charge is -2.07. The number of fused-ring (bicyclic) bond motifs is 1. The summed E-state index contributed by atoms with van der Waals surface area (Å²) in [6.45, 7) is 3.36. The SMILES string of the molecule is C[C@@H]1N=c2ccc(OCc3ccccc3)cc2=C1CCN. The van der Waals surface area contributed by atoms with E-state index in [1.807, 2.05) is 30.3 Å². The van der Waals surface area contributed by atoms with Gasteiger partial charge in [-0.15, -0.1) is 0 Å². The average Bonchev–Trinajstić information content (AvgIpc) is 2.82. The maximum Gasteiger partial charge on any atom is 0.120 e. The highest BCUT2D eigenvalue weighted by atomic mass is 16.5. The molecule has 0 radical (unpaired) electrons. The quantitative estimate of drug-likeness (QED) is 0.907. The maximum atomic E-state index is 5.89. The molecule has 0 saturated heterocycles. The van der Waals surface area contributed by atoms with E-state index in [0.29, 0.717) is 13.2 Å². The van der Waals surface area contributed by atoms with Gasteiger partial charge in [-0.2, -0.15) is 0 Å². The lowest BCUT2D eigenvalue weighted by molar-refractivity contribution is 0.306. The first-order chi connectivity index (χ1) is 10.3. The molecule has 1 aliphatic rings. The van der Waals surface area contributed by atoms with E-state index in [4.69, 9.17) is 10.5 Å². The van der Waals surface area contributed by atoms with Crippen LogP contribution in [0.25, 0.3) is 5.57 Å². The Morgan fingerprint density at radius 2 is 1.95 bits per heavy atom. The lowest BCUT2D eigenvalue weighted by Crippen LogP contribution is -2.23. The van der Waals surface area contributed by atoms with E-state index >= 15 is 0 Å². The molecule has 1 heterocycles. The van der Waals surface area contributed by atoms with E-state index < -0.39 is 0 Å². The van der Waals surface area contributed by atoms with Crippen molar-refractivity contribution in [2.45, 2.75) is 26.0 Å². The summed E-state index contributed by atoms with van der Waals surface area (Å²) in [5, 5.41) is 2.25. The highest BCUT2D eigenvalue weighted by Crippen LogP contribution is 2.15. The molecule has 108 valence electrons. The predicted octanol–water partition coefficient (Wildman–Crippen LogP) is 1.79. The molecule has 0 saturated carbocycles. The van der Waals surface area contributed by atoms with Crippen LogP contribution in [0.3, 0.4) is 0 Å². The van der Waals surface area contributed by atoms with Crippen molar-refractivity contribution in [1.29, 1.82) is 0 Å². The molecule has 3 rings (SSSR count). The fourth-order valence-corrected chi connectivity index (χ4v) is 2.73. The molecule has 0 fully saturated rings. The van der Waals surface area contributed by atoms with Gasteiger partial charge in [0, 0.05) is 5.22 Å². The Kier molecular flexibility index (Phi) is 4.02. The van der Waals surface area contributed by atoms with Crippen molar-refractivity contribution in [3.8, 4) is 5.75 Å². The van der Waals surface area contributed by atoms with E-state index in [2.05, 4.69) is 30.1 Å². The maximum absolute atomic E-state index is 5.89. The van der Waals surface area contributed by atoms with E-state index in [1.165, 1.54) is 16.4 Å². The largest absolute Gasteiger partial charge is 0.489 e. The van der Waals surface area contributed by atoms with Crippen LogP contribution >= 0.6 is 0 Å². The molecule has 0 bridgehead atoms. The summed E-state index contributed by atoms with van der Waals surface area (Å²) < 4.78 is 5.89. The Labute approximate surface area is 124 Å². The summed E-state index contributed by atoms with van der Waals surface area (Å²) in [6, 6.07) is 16.5. The molecule has 3 nitrogen and oxygen atoms in total. The molecule has 0 aliphatic carbocycles. The van der Waals surface area contributed by atoms with Crippen LogP contribution in [-0.4, -0.2) is 12.6 Å². The number of benzene rings is 2. The van der Waals surface area contributed by atoms with E-state index in [0.717, 1.165) is 17.5 Å². The molecular formula is C18H20N2O. The molecule has 0 amide bonds. The van der Waals surface area contributed by atoms with Gasteiger partial charge in [0.25, 0.3) is 0 Å². The van der Waals surface area contributed by atoms with Crippen LogP contribution in [0.15, 0.2) is 53.5 Å². The summed E-state index contributed by atoms with van der Waals surface area (Å²) in [7, 11) is 0. The molecule has 2 N–H and O–H groups in total. The van der Waals surface area contributed by atoms with Crippen molar-refractivity contribution in [3.63, 3.8) is 0 Å². The molecule has 2 aromatic carbocycles. The highest BCUT2D eigenvalue weighted by molar-refractivity contribution is 5.54. The number of nitrogens with two attached hydrogens (primary N) is 1. The minimum Gasteiger partial charge on any atom is -0.489 e. The second-order valence-electron chi connectivity index (χ2n) is 5.32. The topological polar surface area (TPSA) is 47.6 Å². The second kappa shape index (κ2) is 6.10. The standard InChI is InChI=1S/C18H20N2O/c1-13-16(9-10-19)17-11-15(7-8-18(17)20-13)21-12-14-5-3-2-4-6-14/h2-8,11,13H,9-10,12,19H2,1H3/t13-/m0/s1. The van der Waals surface area contributed by atoms with E-state index in [1.54, 1.807) is 0 Å². The van der Waals surface area contributed by atoms with Crippen LogP contribution in [0.2, 0.25) is 0 Å². The molecule has 21 heavy (non-hydrogen) atoms. The van der Waals surface area contributed by atoms with Crippen molar-refractivity contribution < 1.29 is 4.74 Å². The number of hydrogen-bond acceptors (Lipinski definition) is 3. The van der Waals surface area contributed by atoms with Crippen LogP contribution in [-0.2, 0) is 6.61 Å². The third-order valence-corrected chi connectivity index (χ3v) is 3.81. The van der Waals surface area contributed by atoms with Crippen molar-refractivity contribution in [2.75, 3.05) is 6.54 Å². The minimum absolute atomic E-state index is 0.230. The smallest absolute Gasteiger partial charge is 0.120 e. The van der Waals surface area contributed by atoms with Crippen LogP contribution < -0.4 is 21.0 Å². The zero-order valence-electron chi connectivity index (χ0n) is 12.3. The van der Waals surface area contributed by atoms with Gasteiger partial charge in [0.15, 0.2) is 0 Å². The van der Waals surface area contributed by atoms with Gasteiger partial charge in [0.05, 0.1) is 11.4 Å². The van der Waals surface area contributed by atoms with Gasteiger partial charge in [-0.05, 0) is 49.2 Å². The number of rotatable bonds is 5. The lowest BCUT2D eigenvalue weighted by atomic mass is 10.0. The zero-order chi connectivity index (χ0) is 14.7. The summed E-state index contributed by atoms with van der Waals surface area (Å²) in [5.74, 6) is 0.886. The first-order valence-corrected chi connectivity index (χ1v) is 7.35. The Balaban J connectivity index is 1.85. The summed E-state index contributed by atoms with van der Waals surface area (Å²) in [4.78, 5) is 4.66. The van der Waals surface area contributed by atoms with Gasteiger partial charge in [0.1, 0.15) is 12.4 Å². The first kappa shape index (κ1) is 13.8. The molecule has 3 heteroatoms. The molecule has 0 unspecified atom stereocenters. The van der Waals surface area contributed by atoms with E-state index in [9.17, 15) is 0 Å². The highest BCUT2D eigenvalue weighted by Gasteiger charge is 2.14. The predicted molar refractivity (Wildman–Crippen MR) is 84.5 cm³/mol. The van der Waals surface area contributed by atoms with Crippen LogP contribution in [0.4, 0.5) is 0 Å². The second-order valence-corrected chi connectivity index (χ2v) is 5.32. The third kappa shape index (κ3) is 2.98. The van der Waals surface area contributed by atoms with Gasteiger partial charge in [-0.25, -0.2) is 0 Å². The Hall–Kier alpha value is -2.13. The van der Waals surface area contributed by atoms with Gasteiger partial charge in [-0.3, -0.25) is 4.99 Å². The number of hydrogen-bond donors (Lipinski definition) is 1.